The SMILES string of the molecule is CN(C[C@]1(O)CCCN(c2ccccn2)C1)C(=O)c1cccn1C. The molecule has 2 aromatic rings. The molecular weight excluding hydrogens is 304 g/mol. The summed E-state index contributed by atoms with van der Waals surface area (Å²) in [6.07, 6.45) is 5.16. The number of hydrogen-bond acceptors (Lipinski definition) is 4. The van der Waals surface area contributed by atoms with E-state index in [1.807, 2.05) is 37.5 Å². The van der Waals surface area contributed by atoms with E-state index < -0.39 is 5.60 Å². The van der Waals surface area contributed by atoms with Crippen molar-refractivity contribution in [1.82, 2.24) is 14.5 Å². The molecule has 1 saturated heterocycles. The Hall–Kier alpha value is -2.34. The van der Waals surface area contributed by atoms with Crippen molar-refractivity contribution in [2.24, 2.45) is 7.05 Å². The number of pyridine rings is 1. The molecular formula is C18H24N4O2. The Labute approximate surface area is 142 Å². The van der Waals surface area contributed by atoms with Crippen LogP contribution in [0.15, 0.2) is 42.7 Å². The molecule has 0 unspecified atom stereocenters. The highest BCUT2D eigenvalue weighted by Gasteiger charge is 2.36. The zero-order valence-corrected chi connectivity index (χ0v) is 14.2. The van der Waals surface area contributed by atoms with Crippen molar-refractivity contribution in [3.05, 3.63) is 48.4 Å². The molecule has 3 heterocycles. The van der Waals surface area contributed by atoms with Crippen LogP contribution in [0, 0.1) is 0 Å². The summed E-state index contributed by atoms with van der Waals surface area (Å²) in [4.78, 5) is 20.6. The number of hydrogen-bond donors (Lipinski definition) is 1. The fraction of sp³-hybridized carbons (Fsp3) is 0.444. The van der Waals surface area contributed by atoms with Crippen LogP contribution in [0.4, 0.5) is 5.82 Å². The van der Waals surface area contributed by atoms with Gasteiger partial charge in [-0.15, -0.1) is 0 Å². The molecule has 0 radical (unpaired) electrons. The van der Waals surface area contributed by atoms with Crippen molar-refractivity contribution in [3.8, 4) is 0 Å². The molecule has 0 spiro atoms. The van der Waals surface area contributed by atoms with Crippen molar-refractivity contribution in [2.75, 3.05) is 31.6 Å². The van der Waals surface area contributed by atoms with Gasteiger partial charge in [0.25, 0.3) is 5.91 Å². The Morgan fingerprint density at radius 1 is 1.38 bits per heavy atom. The van der Waals surface area contributed by atoms with Crippen molar-refractivity contribution in [2.45, 2.75) is 18.4 Å². The van der Waals surface area contributed by atoms with Gasteiger partial charge < -0.3 is 19.5 Å². The number of aliphatic hydroxyl groups is 1. The molecule has 2 aromatic heterocycles. The van der Waals surface area contributed by atoms with Gasteiger partial charge in [0, 0.05) is 39.6 Å². The maximum atomic E-state index is 12.6. The first-order valence-corrected chi connectivity index (χ1v) is 8.24. The molecule has 24 heavy (non-hydrogen) atoms. The predicted molar refractivity (Wildman–Crippen MR) is 93.0 cm³/mol. The third-order valence-electron chi connectivity index (χ3n) is 4.57. The van der Waals surface area contributed by atoms with Gasteiger partial charge in [0.1, 0.15) is 11.5 Å². The van der Waals surface area contributed by atoms with Gasteiger partial charge in [0.2, 0.25) is 0 Å². The van der Waals surface area contributed by atoms with Crippen molar-refractivity contribution >= 4 is 11.7 Å². The second-order valence-corrected chi connectivity index (χ2v) is 6.60. The van der Waals surface area contributed by atoms with Crippen molar-refractivity contribution in [3.63, 3.8) is 0 Å². The van der Waals surface area contributed by atoms with E-state index in [9.17, 15) is 9.90 Å². The Morgan fingerprint density at radius 2 is 2.21 bits per heavy atom. The number of carbonyl (C=O) groups excluding carboxylic acids is 1. The van der Waals surface area contributed by atoms with E-state index in [4.69, 9.17) is 0 Å². The maximum absolute atomic E-state index is 12.6. The van der Waals surface area contributed by atoms with Crippen molar-refractivity contribution < 1.29 is 9.90 Å². The molecule has 1 N–H and O–H groups in total. The number of anilines is 1. The molecule has 0 bridgehead atoms. The molecule has 1 amide bonds. The summed E-state index contributed by atoms with van der Waals surface area (Å²) < 4.78 is 1.80. The zero-order chi connectivity index (χ0) is 17.2. The fourth-order valence-corrected chi connectivity index (χ4v) is 3.37. The number of nitrogens with zero attached hydrogens (tertiary/aromatic N) is 4. The van der Waals surface area contributed by atoms with Gasteiger partial charge in [0.15, 0.2) is 0 Å². The number of rotatable bonds is 4. The second-order valence-electron chi connectivity index (χ2n) is 6.60. The zero-order valence-electron chi connectivity index (χ0n) is 14.2. The Balaban J connectivity index is 1.69. The van der Waals surface area contributed by atoms with Gasteiger partial charge in [0.05, 0.1) is 12.1 Å². The lowest BCUT2D eigenvalue weighted by atomic mass is 9.92. The third kappa shape index (κ3) is 3.43. The summed E-state index contributed by atoms with van der Waals surface area (Å²) in [6, 6.07) is 9.42. The smallest absolute Gasteiger partial charge is 0.270 e. The summed E-state index contributed by atoms with van der Waals surface area (Å²) >= 11 is 0. The van der Waals surface area contributed by atoms with Gasteiger partial charge in [-0.1, -0.05) is 6.07 Å². The van der Waals surface area contributed by atoms with Crippen LogP contribution >= 0.6 is 0 Å². The minimum Gasteiger partial charge on any atom is -0.386 e. The number of likely N-dealkylation sites (N-methyl/N-ethyl adjacent to an activating group) is 1. The summed E-state index contributed by atoms with van der Waals surface area (Å²) in [6.45, 7) is 1.66. The Bertz CT molecular complexity index is 700. The van der Waals surface area contributed by atoms with E-state index in [0.29, 0.717) is 25.2 Å². The predicted octanol–water partition coefficient (Wildman–Crippen LogP) is 1.52. The van der Waals surface area contributed by atoms with Crippen LogP contribution in [0.5, 0.6) is 0 Å². The number of piperidine rings is 1. The van der Waals surface area contributed by atoms with Crippen molar-refractivity contribution in [1.29, 1.82) is 0 Å². The lowest BCUT2D eigenvalue weighted by Gasteiger charge is -2.41. The molecule has 3 rings (SSSR count). The summed E-state index contributed by atoms with van der Waals surface area (Å²) in [7, 11) is 3.59. The molecule has 0 saturated carbocycles. The maximum Gasteiger partial charge on any atom is 0.270 e. The normalized spacial score (nSPS) is 20.9. The van der Waals surface area contributed by atoms with Gasteiger partial charge in [-0.25, -0.2) is 4.98 Å². The molecule has 6 nitrogen and oxygen atoms in total. The molecule has 1 fully saturated rings. The van der Waals surface area contributed by atoms with E-state index in [-0.39, 0.29) is 5.91 Å². The lowest BCUT2D eigenvalue weighted by molar-refractivity contribution is -0.000370. The number of amides is 1. The van der Waals surface area contributed by atoms with Gasteiger partial charge in [-0.3, -0.25) is 4.79 Å². The van der Waals surface area contributed by atoms with Crippen LogP contribution in [-0.2, 0) is 7.05 Å². The number of aromatic nitrogens is 2. The first-order valence-electron chi connectivity index (χ1n) is 8.24. The van der Waals surface area contributed by atoms with Crippen LogP contribution < -0.4 is 4.90 Å². The van der Waals surface area contributed by atoms with E-state index in [2.05, 4.69) is 9.88 Å². The standard InChI is InChI=1S/C18H24N4O2/c1-20-11-5-7-15(20)17(23)21(2)13-18(24)9-6-12-22(14-18)16-8-3-4-10-19-16/h3-5,7-8,10-11,24H,6,9,12-14H2,1-2H3/t18-/m1/s1. The lowest BCUT2D eigenvalue weighted by Crippen LogP contribution is -2.55. The van der Waals surface area contributed by atoms with Gasteiger partial charge in [-0.05, 0) is 37.1 Å². The third-order valence-corrected chi connectivity index (χ3v) is 4.57. The second kappa shape index (κ2) is 6.65. The van der Waals surface area contributed by atoms with Crippen LogP contribution in [0.1, 0.15) is 23.3 Å². The minimum absolute atomic E-state index is 0.0779. The number of aryl methyl sites for hydroxylation is 1. The van der Waals surface area contributed by atoms with Crippen LogP contribution in [-0.4, -0.2) is 57.7 Å². The summed E-state index contributed by atoms with van der Waals surface area (Å²) in [5.41, 5.74) is -0.302. The quantitative estimate of drug-likeness (QED) is 0.924. The molecule has 0 aromatic carbocycles. The largest absolute Gasteiger partial charge is 0.386 e. The Morgan fingerprint density at radius 3 is 2.88 bits per heavy atom. The average Bonchev–Trinajstić information content (AvgIpc) is 3.00. The Kier molecular flexibility index (Phi) is 4.57. The molecule has 6 heteroatoms. The average molecular weight is 328 g/mol. The monoisotopic (exact) mass is 328 g/mol. The molecule has 0 aliphatic carbocycles. The molecule has 128 valence electrons. The highest BCUT2D eigenvalue weighted by atomic mass is 16.3. The summed E-state index contributed by atoms with van der Waals surface area (Å²) in [5.74, 6) is 0.790. The first kappa shape index (κ1) is 16.5. The molecule has 1 aliphatic rings. The first-order chi connectivity index (χ1) is 11.5. The van der Waals surface area contributed by atoms with E-state index in [1.54, 1.807) is 28.8 Å². The topological polar surface area (TPSA) is 61.6 Å². The molecule has 1 atom stereocenters. The highest BCUT2D eigenvalue weighted by Crippen LogP contribution is 2.25. The van der Waals surface area contributed by atoms with Crippen LogP contribution in [0.2, 0.25) is 0 Å². The summed E-state index contributed by atoms with van der Waals surface area (Å²) in [5, 5.41) is 11.0. The van der Waals surface area contributed by atoms with E-state index >= 15 is 0 Å². The van der Waals surface area contributed by atoms with E-state index in [1.165, 1.54) is 0 Å². The number of β-amino-alcohol motifs (C(OH)–C–C–N with tert-alkyl or cyclic N) is 1. The highest BCUT2D eigenvalue weighted by molar-refractivity contribution is 5.92. The van der Waals surface area contributed by atoms with E-state index in [0.717, 1.165) is 18.8 Å². The fourth-order valence-electron chi connectivity index (χ4n) is 3.37. The van der Waals surface area contributed by atoms with Gasteiger partial charge >= 0.3 is 0 Å². The number of carbonyl (C=O) groups is 1. The van der Waals surface area contributed by atoms with Crippen LogP contribution in [0.25, 0.3) is 0 Å². The minimum atomic E-state index is -0.925. The van der Waals surface area contributed by atoms with Gasteiger partial charge in [-0.2, -0.15) is 0 Å². The van der Waals surface area contributed by atoms with Crippen LogP contribution in [0.3, 0.4) is 0 Å². The molecule has 1 aliphatic heterocycles.